The van der Waals surface area contributed by atoms with Gasteiger partial charge in [0.15, 0.2) is 5.82 Å². The van der Waals surface area contributed by atoms with E-state index < -0.39 is 16.2 Å². The van der Waals surface area contributed by atoms with E-state index in [4.69, 9.17) is 0 Å². The monoisotopic (exact) mass is 272 g/mol. The second-order valence-corrected chi connectivity index (χ2v) is 4.88. The van der Waals surface area contributed by atoms with E-state index in [0.717, 1.165) is 6.07 Å². The molecule has 106 valence electrons. The molecule has 0 aliphatic carbocycles. The summed E-state index contributed by atoms with van der Waals surface area (Å²) in [7, 11) is 1.59. The van der Waals surface area contributed by atoms with Crippen molar-refractivity contribution in [1.29, 1.82) is 0 Å². The largest absolute Gasteiger partial charge is 0.396 e. The van der Waals surface area contributed by atoms with Crippen molar-refractivity contribution in [2.75, 3.05) is 31.7 Å². The van der Waals surface area contributed by atoms with Crippen molar-refractivity contribution in [2.24, 2.45) is 5.41 Å². The molecule has 2 N–H and O–H groups in total. The summed E-state index contributed by atoms with van der Waals surface area (Å²) in [5.74, 6) is -0.713. The first-order chi connectivity index (χ1) is 8.83. The third-order valence-corrected chi connectivity index (χ3v) is 2.94. The van der Waals surface area contributed by atoms with Gasteiger partial charge < -0.3 is 15.1 Å². The van der Waals surface area contributed by atoms with Gasteiger partial charge in [-0.3, -0.25) is 10.1 Å². The van der Waals surface area contributed by atoms with Gasteiger partial charge in [0.05, 0.1) is 29.9 Å². The second-order valence-electron chi connectivity index (χ2n) is 4.88. The molecule has 7 heteroatoms. The van der Waals surface area contributed by atoms with E-state index in [1.54, 1.807) is 14.0 Å². The number of hydrogen-bond donors (Lipinski definition) is 2. The maximum atomic E-state index is 13.8. The average Bonchev–Trinajstić information content (AvgIpc) is 2.38. The Morgan fingerprint density at radius 3 is 2.42 bits per heavy atom. The van der Waals surface area contributed by atoms with Crippen LogP contribution in [-0.2, 0) is 0 Å². The summed E-state index contributed by atoms with van der Waals surface area (Å²) in [6.45, 7) is 1.38. The van der Waals surface area contributed by atoms with Gasteiger partial charge in [-0.2, -0.15) is 0 Å². The number of nitrogens with zero attached hydrogens (tertiary/aromatic N) is 2. The molecule has 0 atom stereocenters. The van der Waals surface area contributed by atoms with Crippen LogP contribution in [-0.4, -0.2) is 41.9 Å². The predicted octanol–water partition coefficient (Wildman–Crippen LogP) is 1.16. The smallest absolute Gasteiger partial charge is 0.272 e. The summed E-state index contributed by atoms with van der Waals surface area (Å²) < 4.78 is 13.8. The van der Waals surface area contributed by atoms with E-state index in [2.05, 4.69) is 0 Å². The molecule has 0 aliphatic heterocycles. The molecule has 1 aromatic carbocycles. The number of aliphatic hydroxyl groups is 2. The number of rotatable bonds is 6. The van der Waals surface area contributed by atoms with Gasteiger partial charge in [-0.05, 0) is 6.07 Å². The van der Waals surface area contributed by atoms with Gasteiger partial charge in [0.25, 0.3) is 5.69 Å². The summed E-state index contributed by atoms with van der Waals surface area (Å²) in [4.78, 5) is 11.4. The van der Waals surface area contributed by atoms with Gasteiger partial charge in [0, 0.05) is 25.1 Å². The molecule has 1 rings (SSSR count). The van der Waals surface area contributed by atoms with E-state index in [1.807, 2.05) is 0 Å². The molecule has 0 spiro atoms. The molecule has 0 amide bonds. The van der Waals surface area contributed by atoms with Crippen LogP contribution in [0.4, 0.5) is 15.8 Å². The lowest BCUT2D eigenvalue weighted by molar-refractivity contribution is -0.385. The predicted molar refractivity (Wildman–Crippen MR) is 68.6 cm³/mol. The van der Waals surface area contributed by atoms with E-state index in [9.17, 15) is 24.7 Å². The lowest BCUT2D eigenvalue weighted by Gasteiger charge is -2.31. The summed E-state index contributed by atoms with van der Waals surface area (Å²) in [5.41, 5.74) is -0.913. The van der Waals surface area contributed by atoms with Gasteiger partial charge in [0.2, 0.25) is 0 Å². The molecular weight excluding hydrogens is 255 g/mol. The standard InChI is InChI=1S/C12H17FN2O4/c1-12(7-16,8-17)6-14(2)11-4-3-9(15(18)19)5-10(11)13/h3-5,16-17H,6-8H2,1-2H3. The highest BCUT2D eigenvalue weighted by atomic mass is 19.1. The number of non-ortho nitro benzene ring substituents is 1. The maximum Gasteiger partial charge on any atom is 0.272 e. The SMILES string of the molecule is CN(CC(C)(CO)CO)c1ccc([N+](=O)[O-])cc1F. The van der Waals surface area contributed by atoms with Crippen molar-refractivity contribution in [3.8, 4) is 0 Å². The van der Waals surface area contributed by atoms with Crippen molar-refractivity contribution in [3.05, 3.63) is 34.1 Å². The van der Waals surface area contributed by atoms with Crippen molar-refractivity contribution in [1.82, 2.24) is 0 Å². The van der Waals surface area contributed by atoms with Crippen molar-refractivity contribution >= 4 is 11.4 Å². The number of halogens is 1. The minimum absolute atomic E-state index is 0.179. The Labute approximate surface area is 110 Å². The maximum absolute atomic E-state index is 13.8. The molecule has 0 radical (unpaired) electrons. The van der Waals surface area contributed by atoms with Crippen molar-refractivity contribution < 1.29 is 19.5 Å². The zero-order chi connectivity index (χ0) is 14.6. The lowest BCUT2D eigenvalue weighted by atomic mass is 9.92. The fraction of sp³-hybridized carbons (Fsp3) is 0.500. The Kier molecular flexibility index (Phi) is 4.79. The molecule has 6 nitrogen and oxygen atoms in total. The third-order valence-electron chi connectivity index (χ3n) is 2.94. The number of hydrogen-bond acceptors (Lipinski definition) is 5. The fourth-order valence-corrected chi connectivity index (χ4v) is 1.73. The molecule has 0 saturated carbocycles. The zero-order valence-electron chi connectivity index (χ0n) is 10.8. The van der Waals surface area contributed by atoms with Crippen LogP contribution in [0.2, 0.25) is 0 Å². The van der Waals surface area contributed by atoms with E-state index in [0.29, 0.717) is 0 Å². The van der Waals surface area contributed by atoms with Crippen LogP contribution in [0.5, 0.6) is 0 Å². The van der Waals surface area contributed by atoms with Gasteiger partial charge in [-0.1, -0.05) is 6.92 Å². The van der Waals surface area contributed by atoms with E-state index in [-0.39, 0.29) is 31.1 Å². The Bertz CT molecular complexity index is 463. The highest BCUT2D eigenvalue weighted by Gasteiger charge is 2.26. The minimum Gasteiger partial charge on any atom is -0.396 e. The summed E-state index contributed by atoms with van der Waals surface area (Å²) in [5, 5.41) is 28.9. The Balaban J connectivity index is 2.94. The van der Waals surface area contributed by atoms with Crippen LogP contribution in [0, 0.1) is 21.3 Å². The van der Waals surface area contributed by atoms with Crippen LogP contribution in [0.3, 0.4) is 0 Å². The average molecular weight is 272 g/mol. The molecular formula is C12H17FN2O4. The minimum atomic E-state index is -0.775. The van der Waals surface area contributed by atoms with Crippen LogP contribution < -0.4 is 4.90 Å². The van der Waals surface area contributed by atoms with E-state index >= 15 is 0 Å². The second kappa shape index (κ2) is 5.94. The van der Waals surface area contributed by atoms with Crippen LogP contribution in [0.15, 0.2) is 18.2 Å². The van der Waals surface area contributed by atoms with Crippen molar-refractivity contribution in [3.63, 3.8) is 0 Å². The van der Waals surface area contributed by atoms with Crippen LogP contribution in [0.25, 0.3) is 0 Å². The Morgan fingerprint density at radius 2 is 2.00 bits per heavy atom. The molecule has 0 bridgehead atoms. The number of benzene rings is 1. The molecule has 1 aromatic rings. The summed E-state index contributed by atoms with van der Waals surface area (Å²) >= 11 is 0. The molecule has 0 fully saturated rings. The van der Waals surface area contributed by atoms with Crippen molar-refractivity contribution in [2.45, 2.75) is 6.92 Å². The first-order valence-corrected chi connectivity index (χ1v) is 5.70. The molecule has 0 saturated heterocycles. The Morgan fingerprint density at radius 1 is 1.42 bits per heavy atom. The molecule has 0 aromatic heterocycles. The number of nitro benzene ring substituents is 1. The van der Waals surface area contributed by atoms with Gasteiger partial charge in [-0.15, -0.1) is 0 Å². The summed E-state index contributed by atoms with van der Waals surface area (Å²) in [6.07, 6.45) is 0. The van der Waals surface area contributed by atoms with Crippen LogP contribution in [0.1, 0.15) is 6.92 Å². The number of aliphatic hydroxyl groups excluding tert-OH is 2. The highest BCUT2D eigenvalue weighted by molar-refractivity contribution is 5.52. The Hall–Kier alpha value is -1.73. The number of anilines is 1. The highest BCUT2D eigenvalue weighted by Crippen LogP contribution is 2.26. The van der Waals surface area contributed by atoms with E-state index in [1.165, 1.54) is 17.0 Å². The third kappa shape index (κ3) is 3.62. The summed E-state index contributed by atoms with van der Waals surface area (Å²) in [6, 6.07) is 3.37. The lowest BCUT2D eigenvalue weighted by Crippen LogP contribution is -2.39. The topological polar surface area (TPSA) is 86.8 Å². The van der Waals surface area contributed by atoms with Gasteiger partial charge >= 0.3 is 0 Å². The molecule has 19 heavy (non-hydrogen) atoms. The zero-order valence-corrected chi connectivity index (χ0v) is 10.8. The fourth-order valence-electron chi connectivity index (χ4n) is 1.73. The first kappa shape index (κ1) is 15.3. The number of nitro groups is 1. The molecule has 0 aliphatic rings. The quantitative estimate of drug-likeness (QED) is 0.599. The normalized spacial score (nSPS) is 11.4. The first-order valence-electron chi connectivity index (χ1n) is 5.70. The van der Waals surface area contributed by atoms with Gasteiger partial charge in [0.1, 0.15) is 0 Å². The molecule has 0 heterocycles. The van der Waals surface area contributed by atoms with Crippen LogP contribution >= 0.6 is 0 Å². The van der Waals surface area contributed by atoms with Gasteiger partial charge in [-0.25, -0.2) is 4.39 Å². The molecule has 0 unspecified atom stereocenters.